The van der Waals surface area contributed by atoms with E-state index in [9.17, 15) is 4.79 Å². The molecule has 4 N–H and O–H groups in total. The van der Waals surface area contributed by atoms with Crippen molar-refractivity contribution in [2.24, 2.45) is 5.73 Å². The van der Waals surface area contributed by atoms with E-state index in [1.807, 2.05) is 26.0 Å². The van der Waals surface area contributed by atoms with Crippen LogP contribution in [0.1, 0.15) is 43.7 Å². The summed E-state index contributed by atoms with van der Waals surface area (Å²) in [6.45, 7) is 5.77. The molecule has 1 aliphatic heterocycles. The molecule has 0 bridgehead atoms. The quantitative estimate of drug-likeness (QED) is 0.831. The van der Waals surface area contributed by atoms with E-state index >= 15 is 0 Å². The highest BCUT2D eigenvalue weighted by Gasteiger charge is 2.26. The molecule has 128 valence electrons. The number of hydrogen-bond acceptors (Lipinski definition) is 5. The van der Waals surface area contributed by atoms with Gasteiger partial charge in [-0.15, -0.1) is 0 Å². The van der Waals surface area contributed by atoms with Crippen LogP contribution in [-0.2, 0) is 11.3 Å². The van der Waals surface area contributed by atoms with Gasteiger partial charge in [0.05, 0.1) is 18.9 Å². The molecule has 1 saturated heterocycles. The third kappa shape index (κ3) is 4.07. The van der Waals surface area contributed by atoms with Crippen LogP contribution in [0.15, 0.2) is 12.1 Å². The van der Waals surface area contributed by atoms with Crippen LogP contribution in [-0.4, -0.2) is 37.3 Å². The van der Waals surface area contributed by atoms with E-state index in [0.29, 0.717) is 37.0 Å². The number of nitrogens with zero attached hydrogens (tertiary/aromatic N) is 1. The number of piperidine rings is 1. The Morgan fingerprint density at radius 3 is 2.52 bits per heavy atom. The summed E-state index contributed by atoms with van der Waals surface area (Å²) in [6, 6.07) is 3.94. The Balaban J connectivity index is 2.20. The number of nitrogen functional groups attached to an aromatic ring is 1. The Bertz CT molecular complexity index is 552. The summed E-state index contributed by atoms with van der Waals surface area (Å²) in [5.41, 5.74) is 14.8. The number of carbonyl (C=O) groups excluding carboxylic acids is 1. The lowest BCUT2D eigenvalue weighted by molar-refractivity contribution is 0.112. The summed E-state index contributed by atoms with van der Waals surface area (Å²) in [6.07, 6.45) is 1.57. The first-order valence-electron chi connectivity index (χ1n) is 8.08. The van der Waals surface area contributed by atoms with Crippen LogP contribution in [0.2, 0.25) is 0 Å². The molecule has 2 rings (SSSR count). The molecular weight excluding hydrogens is 294 g/mol. The van der Waals surface area contributed by atoms with E-state index in [1.54, 1.807) is 4.90 Å². The van der Waals surface area contributed by atoms with Crippen LogP contribution in [0.5, 0.6) is 5.75 Å². The summed E-state index contributed by atoms with van der Waals surface area (Å²) < 4.78 is 10.6. The fraction of sp³-hybridized carbons (Fsp3) is 0.588. The lowest BCUT2D eigenvalue weighted by Gasteiger charge is -2.32. The number of hydrogen-bond donors (Lipinski definition) is 2. The van der Waals surface area contributed by atoms with Crippen LogP contribution in [0.3, 0.4) is 0 Å². The third-order valence-electron chi connectivity index (χ3n) is 4.22. The maximum atomic E-state index is 11.6. The Hall–Kier alpha value is -1.95. The minimum Gasteiger partial charge on any atom is -0.489 e. The smallest absolute Gasteiger partial charge is 0.409 e. The average Bonchev–Trinajstić information content (AvgIpc) is 2.55. The molecule has 1 heterocycles. The zero-order valence-electron chi connectivity index (χ0n) is 14.2. The number of anilines is 1. The van der Waals surface area contributed by atoms with E-state index < -0.39 is 0 Å². The maximum absolute atomic E-state index is 11.6. The van der Waals surface area contributed by atoms with E-state index in [1.165, 1.54) is 12.7 Å². The molecule has 23 heavy (non-hydrogen) atoms. The van der Waals surface area contributed by atoms with Crippen molar-refractivity contribution >= 4 is 11.8 Å². The van der Waals surface area contributed by atoms with Gasteiger partial charge in [0.25, 0.3) is 0 Å². The number of nitrogens with two attached hydrogens (primary N) is 2. The first-order chi connectivity index (χ1) is 11.0. The Morgan fingerprint density at radius 2 is 2.00 bits per heavy atom. The van der Waals surface area contributed by atoms with Crippen molar-refractivity contribution in [3.05, 3.63) is 23.3 Å². The molecule has 1 amide bonds. The third-order valence-corrected chi connectivity index (χ3v) is 4.22. The van der Waals surface area contributed by atoms with Crippen molar-refractivity contribution in [1.29, 1.82) is 0 Å². The fourth-order valence-electron chi connectivity index (χ4n) is 3.07. The van der Waals surface area contributed by atoms with Crippen LogP contribution < -0.4 is 16.2 Å². The number of benzene rings is 1. The summed E-state index contributed by atoms with van der Waals surface area (Å²) in [4.78, 5) is 13.3. The van der Waals surface area contributed by atoms with Gasteiger partial charge in [-0.3, -0.25) is 0 Å². The van der Waals surface area contributed by atoms with Gasteiger partial charge >= 0.3 is 6.09 Å². The summed E-state index contributed by atoms with van der Waals surface area (Å²) in [7, 11) is 1.41. The van der Waals surface area contributed by atoms with Gasteiger partial charge in [-0.05, 0) is 55.9 Å². The first kappa shape index (κ1) is 17.4. The van der Waals surface area contributed by atoms with E-state index in [4.69, 9.17) is 20.9 Å². The minimum atomic E-state index is -0.261. The van der Waals surface area contributed by atoms with Crippen molar-refractivity contribution in [2.45, 2.75) is 45.3 Å². The predicted molar refractivity (Wildman–Crippen MR) is 90.5 cm³/mol. The molecule has 6 nitrogen and oxygen atoms in total. The highest BCUT2D eigenvalue weighted by atomic mass is 16.5. The van der Waals surface area contributed by atoms with E-state index in [2.05, 4.69) is 0 Å². The molecule has 0 aliphatic carbocycles. The van der Waals surface area contributed by atoms with Crippen LogP contribution >= 0.6 is 0 Å². The van der Waals surface area contributed by atoms with E-state index in [0.717, 1.165) is 18.4 Å². The number of likely N-dealkylation sites (tertiary alicyclic amines) is 1. The average molecular weight is 321 g/mol. The monoisotopic (exact) mass is 321 g/mol. The zero-order valence-corrected chi connectivity index (χ0v) is 14.2. The molecule has 0 atom stereocenters. The Labute approximate surface area is 137 Å². The largest absolute Gasteiger partial charge is 0.489 e. The molecule has 1 fully saturated rings. The van der Waals surface area contributed by atoms with Crippen molar-refractivity contribution in [2.75, 3.05) is 25.9 Å². The predicted octanol–water partition coefficient (Wildman–Crippen LogP) is 2.46. The van der Waals surface area contributed by atoms with Crippen molar-refractivity contribution in [3.8, 4) is 5.75 Å². The molecule has 0 saturated carbocycles. The molecule has 1 aliphatic rings. The van der Waals surface area contributed by atoms with Crippen LogP contribution in [0, 0.1) is 0 Å². The summed E-state index contributed by atoms with van der Waals surface area (Å²) in [5, 5.41) is 0. The number of ether oxygens (including phenoxy) is 2. The lowest BCUT2D eigenvalue weighted by atomic mass is 9.86. The van der Waals surface area contributed by atoms with Gasteiger partial charge in [-0.25, -0.2) is 4.79 Å². The Morgan fingerprint density at radius 1 is 1.35 bits per heavy atom. The van der Waals surface area contributed by atoms with Gasteiger partial charge in [-0.2, -0.15) is 0 Å². The van der Waals surface area contributed by atoms with Crippen molar-refractivity contribution < 1.29 is 14.3 Å². The van der Waals surface area contributed by atoms with Gasteiger partial charge in [0, 0.05) is 19.6 Å². The molecule has 0 unspecified atom stereocenters. The van der Waals surface area contributed by atoms with Gasteiger partial charge in [0.2, 0.25) is 0 Å². The standard InChI is InChI=1S/C17H27N3O3/c1-11(2)23-16-9-14(13(10-18)8-15(16)19)12-4-6-20(7-5-12)17(21)22-3/h8-9,11-12H,4-7,10,18-19H2,1-3H3. The van der Waals surface area contributed by atoms with Gasteiger partial charge < -0.3 is 25.8 Å². The highest BCUT2D eigenvalue weighted by molar-refractivity contribution is 5.67. The van der Waals surface area contributed by atoms with Gasteiger partial charge in [0.1, 0.15) is 5.75 Å². The molecule has 0 radical (unpaired) electrons. The number of amides is 1. The molecule has 1 aromatic rings. The van der Waals surface area contributed by atoms with Crippen LogP contribution in [0.25, 0.3) is 0 Å². The second-order valence-corrected chi connectivity index (χ2v) is 6.19. The second kappa shape index (κ2) is 7.55. The van der Waals surface area contributed by atoms with Gasteiger partial charge in [0.15, 0.2) is 0 Å². The molecule has 0 aromatic heterocycles. The zero-order chi connectivity index (χ0) is 17.0. The Kier molecular flexibility index (Phi) is 5.71. The lowest BCUT2D eigenvalue weighted by Crippen LogP contribution is -2.38. The second-order valence-electron chi connectivity index (χ2n) is 6.19. The SMILES string of the molecule is COC(=O)N1CCC(c2cc(OC(C)C)c(N)cc2CN)CC1. The van der Waals surface area contributed by atoms with Crippen LogP contribution in [0.4, 0.5) is 10.5 Å². The number of methoxy groups -OCH3 is 1. The maximum Gasteiger partial charge on any atom is 0.409 e. The number of rotatable bonds is 4. The fourth-order valence-corrected chi connectivity index (χ4v) is 3.07. The molecule has 6 heteroatoms. The van der Waals surface area contributed by atoms with Gasteiger partial charge in [-0.1, -0.05) is 0 Å². The highest BCUT2D eigenvalue weighted by Crippen LogP contribution is 2.36. The molecule has 0 spiro atoms. The molecule has 1 aromatic carbocycles. The topological polar surface area (TPSA) is 90.8 Å². The van der Waals surface area contributed by atoms with Crippen molar-refractivity contribution in [3.63, 3.8) is 0 Å². The minimum absolute atomic E-state index is 0.0649. The first-order valence-corrected chi connectivity index (χ1v) is 8.08. The number of carbonyl (C=O) groups is 1. The summed E-state index contributed by atoms with van der Waals surface area (Å²) >= 11 is 0. The van der Waals surface area contributed by atoms with Crippen molar-refractivity contribution in [1.82, 2.24) is 4.90 Å². The summed E-state index contributed by atoms with van der Waals surface area (Å²) in [5.74, 6) is 1.06. The normalized spacial score (nSPS) is 15.8. The van der Waals surface area contributed by atoms with E-state index in [-0.39, 0.29) is 12.2 Å². The molecular formula is C17H27N3O3.